The molecule has 7 heteroatoms. The summed E-state index contributed by atoms with van der Waals surface area (Å²) in [6, 6.07) is 2.84. The van der Waals surface area contributed by atoms with Crippen LogP contribution >= 0.6 is 11.6 Å². The minimum absolute atomic E-state index is 0.0412. The second-order valence-corrected chi connectivity index (χ2v) is 3.76. The second-order valence-electron chi connectivity index (χ2n) is 3.35. The van der Waals surface area contributed by atoms with E-state index in [1.54, 1.807) is 6.92 Å². The number of carbonyl (C=O) groups excluding carboxylic acids is 1. The molecule has 0 spiro atoms. The van der Waals surface area contributed by atoms with E-state index in [1.165, 1.54) is 0 Å². The predicted octanol–water partition coefficient (Wildman–Crippen LogP) is 3.33. The third-order valence-electron chi connectivity index (χ3n) is 2.02. The lowest BCUT2D eigenvalue weighted by atomic mass is 10.2. The molecule has 0 fully saturated rings. The van der Waals surface area contributed by atoms with Crippen LogP contribution in [0.15, 0.2) is 18.2 Å². The highest BCUT2D eigenvalue weighted by Crippen LogP contribution is 2.33. The van der Waals surface area contributed by atoms with E-state index < -0.39 is 17.7 Å². The Morgan fingerprint density at radius 1 is 1.44 bits per heavy atom. The van der Waals surface area contributed by atoms with Gasteiger partial charge in [-0.2, -0.15) is 13.2 Å². The van der Waals surface area contributed by atoms with Gasteiger partial charge < -0.3 is 10.1 Å². The summed E-state index contributed by atoms with van der Waals surface area (Å²) >= 11 is 5.72. The highest BCUT2D eigenvalue weighted by Gasteiger charge is 2.30. The molecule has 0 saturated heterocycles. The van der Waals surface area contributed by atoms with Crippen molar-refractivity contribution in [2.24, 2.45) is 0 Å². The van der Waals surface area contributed by atoms with Crippen molar-refractivity contribution in [2.75, 3.05) is 18.5 Å². The largest absolute Gasteiger partial charge is 0.465 e. The molecule has 0 saturated carbocycles. The molecule has 0 aromatic heterocycles. The average Bonchev–Trinajstić information content (AvgIpc) is 2.26. The fourth-order valence-electron chi connectivity index (χ4n) is 1.22. The lowest BCUT2D eigenvalue weighted by molar-refractivity contribution is -0.141. The maximum Gasteiger partial charge on any atom is 0.416 e. The number of rotatable bonds is 4. The van der Waals surface area contributed by atoms with Gasteiger partial charge >= 0.3 is 12.1 Å². The number of alkyl halides is 3. The van der Waals surface area contributed by atoms with Crippen LogP contribution in [0.5, 0.6) is 0 Å². The number of benzene rings is 1. The summed E-state index contributed by atoms with van der Waals surface area (Å²) in [5.74, 6) is -0.564. The molecule has 0 atom stereocenters. The third-order valence-corrected chi connectivity index (χ3v) is 2.35. The standard InChI is InChI=1S/C11H11ClF3NO2/c1-2-18-10(17)6-16-9-5-7(11(13,14)15)3-4-8(9)12/h3-5,16H,2,6H2,1H3. The highest BCUT2D eigenvalue weighted by atomic mass is 35.5. The molecule has 0 radical (unpaired) electrons. The Kier molecular flexibility index (Phi) is 4.84. The molecule has 0 unspecified atom stereocenters. The summed E-state index contributed by atoms with van der Waals surface area (Å²) < 4.78 is 42.0. The number of anilines is 1. The van der Waals surface area contributed by atoms with Gasteiger partial charge in [0.1, 0.15) is 6.54 Å². The molecular weight excluding hydrogens is 271 g/mol. The maximum atomic E-state index is 12.5. The molecule has 3 nitrogen and oxygen atoms in total. The van der Waals surface area contributed by atoms with Gasteiger partial charge in [0.15, 0.2) is 0 Å². The summed E-state index contributed by atoms with van der Waals surface area (Å²) in [7, 11) is 0. The molecule has 0 heterocycles. The Hall–Kier alpha value is -1.43. The van der Waals surface area contributed by atoms with E-state index in [4.69, 9.17) is 11.6 Å². The van der Waals surface area contributed by atoms with Crippen LogP contribution in [0.25, 0.3) is 0 Å². The minimum atomic E-state index is -4.45. The van der Waals surface area contributed by atoms with Crippen LogP contribution in [0, 0.1) is 0 Å². The molecule has 0 bridgehead atoms. The van der Waals surface area contributed by atoms with Crippen molar-refractivity contribution in [3.63, 3.8) is 0 Å². The van der Waals surface area contributed by atoms with Crippen molar-refractivity contribution < 1.29 is 22.7 Å². The van der Waals surface area contributed by atoms with Crippen molar-refractivity contribution in [1.29, 1.82) is 0 Å². The molecule has 0 aliphatic rings. The van der Waals surface area contributed by atoms with Crippen molar-refractivity contribution in [2.45, 2.75) is 13.1 Å². The van der Waals surface area contributed by atoms with E-state index in [0.29, 0.717) is 0 Å². The van der Waals surface area contributed by atoms with Crippen LogP contribution in [-0.2, 0) is 15.7 Å². The van der Waals surface area contributed by atoms with Gasteiger partial charge in [0.05, 0.1) is 22.9 Å². The Morgan fingerprint density at radius 3 is 2.67 bits per heavy atom. The van der Waals surface area contributed by atoms with E-state index in [0.717, 1.165) is 18.2 Å². The van der Waals surface area contributed by atoms with Gasteiger partial charge in [-0.15, -0.1) is 0 Å². The third kappa shape index (κ3) is 4.10. The summed E-state index contributed by atoms with van der Waals surface area (Å²) in [5, 5.41) is 2.61. The van der Waals surface area contributed by atoms with Crippen LogP contribution in [0.3, 0.4) is 0 Å². The predicted molar refractivity (Wildman–Crippen MR) is 61.6 cm³/mol. The number of ether oxygens (including phenoxy) is 1. The van der Waals surface area contributed by atoms with Crippen LogP contribution in [0.1, 0.15) is 12.5 Å². The first-order chi connectivity index (χ1) is 8.34. The second kappa shape index (κ2) is 5.95. The van der Waals surface area contributed by atoms with Crippen LogP contribution < -0.4 is 5.32 Å². The number of esters is 1. The van der Waals surface area contributed by atoms with Gasteiger partial charge in [-0.05, 0) is 25.1 Å². The molecule has 100 valence electrons. The summed E-state index contributed by atoms with van der Waals surface area (Å²) in [5.41, 5.74) is -0.794. The molecular formula is C11H11ClF3NO2. The van der Waals surface area contributed by atoms with Gasteiger partial charge in [0, 0.05) is 0 Å². The number of halogens is 4. The molecule has 0 aliphatic carbocycles. The van der Waals surface area contributed by atoms with E-state index in [-0.39, 0.29) is 23.9 Å². The van der Waals surface area contributed by atoms with Gasteiger partial charge in [-0.25, -0.2) is 0 Å². The first-order valence-electron chi connectivity index (χ1n) is 5.11. The first kappa shape index (κ1) is 14.6. The number of hydrogen-bond donors (Lipinski definition) is 1. The van der Waals surface area contributed by atoms with Crippen molar-refractivity contribution in [1.82, 2.24) is 0 Å². The summed E-state index contributed by atoms with van der Waals surface area (Å²) in [6.07, 6.45) is -4.45. The lowest BCUT2D eigenvalue weighted by Crippen LogP contribution is -2.17. The number of nitrogens with one attached hydrogen (secondary N) is 1. The molecule has 0 amide bonds. The van der Waals surface area contributed by atoms with Crippen LogP contribution in [-0.4, -0.2) is 19.1 Å². The molecule has 1 N–H and O–H groups in total. The Bertz CT molecular complexity index is 435. The van der Waals surface area contributed by atoms with Gasteiger partial charge in [-0.1, -0.05) is 11.6 Å². The maximum absolute atomic E-state index is 12.5. The Morgan fingerprint density at radius 2 is 2.11 bits per heavy atom. The lowest BCUT2D eigenvalue weighted by Gasteiger charge is -2.11. The summed E-state index contributed by atoms with van der Waals surface area (Å²) in [6.45, 7) is 1.60. The van der Waals surface area contributed by atoms with Gasteiger partial charge in [0.2, 0.25) is 0 Å². The average molecular weight is 282 g/mol. The van der Waals surface area contributed by atoms with E-state index >= 15 is 0 Å². The van der Waals surface area contributed by atoms with Crippen LogP contribution in [0.4, 0.5) is 18.9 Å². The van der Waals surface area contributed by atoms with E-state index in [9.17, 15) is 18.0 Å². The zero-order chi connectivity index (χ0) is 13.8. The summed E-state index contributed by atoms with van der Waals surface area (Å²) in [4.78, 5) is 11.1. The van der Waals surface area contributed by atoms with E-state index in [1.807, 2.05) is 0 Å². The van der Waals surface area contributed by atoms with Gasteiger partial charge in [0.25, 0.3) is 0 Å². The highest BCUT2D eigenvalue weighted by molar-refractivity contribution is 6.33. The SMILES string of the molecule is CCOC(=O)CNc1cc(C(F)(F)F)ccc1Cl. The zero-order valence-electron chi connectivity index (χ0n) is 9.47. The molecule has 1 aromatic rings. The molecule has 1 aromatic carbocycles. The normalized spacial score (nSPS) is 11.2. The number of hydrogen-bond acceptors (Lipinski definition) is 3. The molecule has 0 aliphatic heterocycles. The Labute approximate surface area is 107 Å². The fraction of sp³-hybridized carbons (Fsp3) is 0.364. The van der Waals surface area contributed by atoms with Gasteiger partial charge in [-0.3, -0.25) is 4.79 Å². The molecule has 1 rings (SSSR count). The van der Waals surface area contributed by atoms with E-state index in [2.05, 4.69) is 10.1 Å². The first-order valence-corrected chi connectivity index (χ1v) is 5.48. The smallest absolute Gasteiger partial charge is 0.416 e. The topological polar surface area (TPSA) is 38.3 Å². The fourth-order valence-corrected chi connectivity index (χ4v) is 1.40. The quantitative estimate of drug-likeness (QED) is 0.860. The Balaban J connectivity index is 2.79. The number of carbonyl (C=O) groups is 1. The van der Waals surface area contributed by atoms with Crippen LogP contribution in [0.2, 0.25) is 5.02 Å². The monoisotopic (exact) mass is 281 g/mol. The molecule has 18 heavy (non-hydrogen) atoms. The van der Waals surface area contributed by atoms with Crippen molar-refractivity contribution in [3.05, 3.63) is 28.8 Å². The van der Waals surface area contributed by atoms with Crippen molar-refractivity contribution in [3.8, 4) is 0 Å². The minimum Gasteiger partial charge on any atom is -0.465 e. The van der Waals surface area contributed by atoms with Crippen molar-refractivity contribution >= 4 is 23.3 Å². The zero-order valence-corrected chi connectivity index (χ0v) is 10.2.